The van der Waals surface area contributed by atoms with Gasteiger partial charge in [0.05, 0.1) is 0 Å². The molecule has 108 valence electrons. The highest BCUT2D eigenvalue weighted by Crippen LogP contribution is 2.31. The van der Waals surface area contributed by atoms with E-state index in [9.17, 15) is 4.39 Å². The predicted molar refractivity (Wildman–Crippen MR) is 75.2 cm³/mol. The van der Waals surface area contributed by atoms with Crippen molar-refractivity contribution in [2.75, 3.05) is 18.5 Å². The molecule has 6 nitrogen and oxygen atoms in total. The van der Waals surface area contributed by atoms with E-state index in [-0.39, 0.29) is 12.4 Å². The van der Waals surface area contributed by atoms with Crippen molar-refractivity contribution in [3.05, 3.63) is 36.4 Å². The Hall–Kier alpha value is -2.54. The molecule has 0 fully saturated rings. The summed E-state index contributed by atoms with van der Waals surface area (Å²) in [4.78, 5) is 8.21. The number of rotatable bonds is 5. The summed E-state index contributed by atoms with van der Waals surface area (Å²) in [7, 11) is 0. The second-order valence-corrected chi connectivity index (χ2v) is 4.44. The van der Waals surface area contributed by atoms with Gasteiger partial charge in [0.1, 0.15) is 29.0 Å². The lowest BCUT2D eigenvalue weighted by molar-refractivity contribution is 0.292. The number of aliphatic hydroxyl groups excluding tert-OH is 1. The normalized spacial score (nSPS) is 11.0. The summed E-state index contributed by atoms with van der Waals surface area (Å²) in [5.41, 5.74) is 1.63. The molecule has 3 rings (SSSR count). The maximum atomic E-state index is 13.0. The minimum Gasteiger partial charge on any atom is -0.396 e. The molecule has 0 amide bonds. The van der Waals surface area contributed by atoms with Crippen LogP contribution in [0.5, 0.6) is 0 Å². The number of nitrogens with one attached hydrogen (secondary N) is 1. The standard InChI is InChI=1S/C14H13FN4O2/c15-10-4-2-9(3-5-10)12-11-13(16-6-1-7-20)17-8-18-14(11)21-19-12/h2-5,8,20H,1,6-7H2,(H,16,17,18). The van der Waals surface area contributed by atoms with Gasteiger partial charge in [-0.3, -0.25) is 0 Å². The largest absolute Gasteiger partial charge is 0.396 e. The van der Waals surface area contributed by atoms with Crippen LogP contribution in [0.15, 0.2) is 35.1 Å². The van der Waals surface area contributed by atoms with Crippen LogP contribution >= 0.6 is 0 Å². The fourth-order valence-corrected chi connectivity index (χ4v) is 2.01. The summed E-state index contributed by atoms with van der Waals surface area (Å²) in [6, 6.07) is 5.96. The lowest BCUT2D eigenvalue weighted by atomic mass is 10.1. The average Bonchev–Trinajstić information content (AvgIpc) is 2.93. The molecule has 2 heterocycles. The van der Waals surface area contributed by atoms with E-state index in [4.69, 9.17) is 9.63 Å². The van der Waals surface area contributed by atoms with Gasteiger partial charge in [0.15, 0.2) is 0 Å². The zero-order chi connectivity index (χ0) is 14.7. The fraction of sp³-hybridized carbons (Fsp3) is 0.214. The van der Waals surface area contributed by atoms with Crippen molar-refractivity contribution in [2.45, 2.75) is 6.42 Å². The minimum absolute atomic E-state index is 0.0929. The molecule has 7 heteroatoms. The summed E-state index contributed by atoms with van der Waals surface area (Å²) in [5.74, 6) is 0.262. The number of halogens is 1. The van der Waals surface area contributed by atoms with E-state index in [1.807, 2.05) is 0 Å². The van der Waals surface area contributed by atoms with Crippen LogP contribution in [0, 0.1) is 5.82 Å². The van der Waals surface area contributed by atoms with Gasteiger partial charge in [-0.15, -0.1) is 0 Å². The predicted octanol–water partition coefficient (Wildman–Crippen LogP) is 2.22. The first kappa shape index (κ1) is 13.4. The van der Waals surface area contributed by atoms with Crippen molar-refractivity contribution < 1.29 is 14.0 Å². The molecule has 0 saturated heterocycles. The van der Waals surface area contributed by atoms with E-state index in [0.29, 0.717) is 35.6 Å². The second kappa shape index (κ2) is 5.84. The molecule has 1 aromatic carbocycles. The van der Waals surface area contributed by atoms with Crippen LogP contribution in [0.25, 0.3) is 22.4 Å². The first-order valence-corrected chi connectivity index (χ1v) is 6.50. The number of hydrogen-bond donors (Lipinski definition) is 2. The van der Waals surface area contributed by atoms with E-state index >= 15 is 0 Å². The van der Waals surface area contributed by atoms with Gasteiger partial charge >= 0.3 is 0 Å². The zero-order valence-electron chi connectivity index (χ0n) is 11.1. The topological polar surface area (TPSA) is 84.1 Å². The van der Waals surface area contributed by atoms with Crippen LogP contribution < -0.4 is 5.32 Å². The second-order valence-electron chi connectivity index (χ2n) is 4.44. The Labute approximate surface area is 119 Å². The molecule has 2 N–H and O–H groups in total. The average molecular weight is 288 g/mol. The Balaban J connectivity index is 2.04. The van der Waals surface area contributed by atoms with E-state index in [1.54, 1.807) is 12.1 Å². The van der Waals surface area contributed by atoms with E-state index in [1.165, 1.54) is 18.5 Å². The van der Waals surface area contributed by atoms with Crippen LogP contribution in [0.2, 0.25) is 0 Å². The fourth-order valence-electron chi connectivity index (χ4n) is 2.01. The Morgan fingerprint density at radius 3 is 2.76 bits per heavy atom. The van der Waals surface area contributed by atoms with Crippen molar-refractivity contribution in [2.24, 2.45) is 0 Å². The van der Waals surface area contributed by atoms with Gasteiger partial charge in [-0.05, 0) is 30.7 Å². The molecular weight excluding hydrogens is 275 g/mol. The molecule has 0 aliphatic heterocycles. The number of fused-ring (bicyclic) bond motifs is 1. The molecule has 0 spiro atoms. The maximum absolute atomic E-state index is 13.0. The molecular formula is C14H13FN4O2. The lowest BCUT2D eigenvalue weighted by Crippen LogP contribution is -2.05. The summed E-state index contributed by atoms with van der Waals surface area (Å²) < 4.78 is 18.2. The summed E-state index contributed by atoms with van der Waals surface area (Å²) >= 11 is 0. The third kappa shape index (κ3) is 2.68. The number of aliphatic hydroxyl groups is 1. The van der Waals surface area contributed by atoms with Gasteiger partial charge in [-0.1, -0.05) is 5.16 Å². The van der Waals surface area contributed by atoms with Gasteiger partial charge in [0.25, 0.3) is 5.71 Å². The molecule has 0 unspecified atom stereocenters. The Bertz CT molecular complexity index is 742. The molecule has 0 aliphatic rings. The van der Waals surface area contributed by atoms with Gasteiger partial charge < -0.3 is 14.9 Å². The molecule has 0 bridgehead atoms. The molecule has 21 heavy (non-hydrogen) atoms. The Kier molecular flexibility index (Phi) is 3.74. The van der Waals surface area contributed by atoms with Crippen molar-refractivity contribution in [3.8, 4) is 11.3 Å². The molecule has 0 saturated carbocycles. The third-order valence-electron chi connectivity index (χ3n) is 3.02. The molecule has 0 radical (unpaired) electrons. The molecule has 2 aromatic heterocycles. The van der Waals surface area contributed by atoms with Crippen LogP contribution in [-0.4, -0.2) is 33.4 Å². The van der Waals surface area contributed by atoms with E-state index in [0.717, 1.165) is 5.56 Å². The summed E-state index contributed by atoms with van der Waals surface area (Å²) in [6.07, 6.45) is 1.98. The van der Waals surface area contributed by atoms with Gasteiger partial charge in [0.2, 0.25) is 0 Å². The first-order chi connectivity index (χ1) is 10.3. The van der Waals surface area contributed by atoms with Crippen LogP contribution in [-0.2, 0) is 0 Å². The van der Waals surface area contributed by atoms with Gasteiger partial charge in [-0.25, -0.2) is 9.37 Å². The minimum atomic E-state index is -0.316. The molecule has 0 atom stereocenters. The number of aromatic nitrogens is 3. The Morgan fingerprint density at radius 1 is 1.19 bits per heavy atom. The van der Waals surface area contributed by atoms with Gasteiger partial charge in [0, 0.05) is 18.7 Å². The van der Waals surface area contributed by atoms with Crippen LogP contribution in [0.4, 0.5) is 10.2 Å². The first-order valence-electron chi connectivity index (χ1n) is 6.50. The Morgan fingerprint density at radius 2 is 2.00 bits per heavy atom. The number of anilines is 1. The monoisotopic (exact) mass is 288 g/mol. The van der Waals surface area contributed by atoms with Gasteiger partial charge in [-0.2, -0.15) is 4.98 Å². The van der Waals surface area contributed by atoms with Crippen molar-refractivity contribution >= 4 is 16.9 Å². The summed E-state index contributed by atoms with van der Waals surface area (Å²) in [5, 5.41) is 16.6. The SMILES string of the molecule is OCCCNc1ncnc2onc(-c3ccc(F)cc3)c12. The summed E-state index contributed by atoms with van der Waals surface area (Å²) in [6.45, 7) is 0.659. The smallest absolute Gasteiger partial charge is 0.263 e. The highest BCUT2D eigenvalue weighted by Gasteiger charge is 2.16. The third-order valence-corrected chi connectivity index (χ3v) is 3.02. The molecule has 3 aromatic rings. The van der Waals surface area contributed by atoms with Crippen LogP contribution in [0.3, 0.4) is 0 Å². The van der Waals surface area contributed by atoms with Crippen LogP contribution in [0.1, 0.15) is 6.42 Å². The van der Waals surface area contributed by atoms with Crippen molar-refractivity contribution in [1.82, 2.24) is 15.1 Å². The van der Waals surface area contributed by atoms with E-state index < -0.39 is 0 Å². The van der Waals surface area contributed by atoms with Crippen molar-refractivity contribution in [3.63, 3.8) is 0 Å². The zero-order valence-corrected chi connectivity index (χ0v) is 11.1. The molecule has 0 aliphatic carbocycles. The number of benzene rings is 1. The number of hydrogen-bond acceptors (Lipinski definition) is 6. The van der Waals surface area contributed by atoms with E-state index in [2.05, 4.69) is 20.4 Å². The lowest BCUT2D eigenvalue weighted by Gasteiger charge is -2.05. The highest BCUT2D eigenvalue weighted by atomic mass is 19.1. The van der Waals surface area contributed by atoms with Crippen molar-refractivity contribution in [1.29, 1.82) is 0 Å². The maximum Gasteiger partial charge on any atom is 0.263 e. The quantitative estimate of drug-likeness (QED) is 0.700. The highest BCUT2D eigenvalue weighted by molar-refractivity contribution is 5.97. The number of nitrogens with zero attached hydrogens (tertiary/aromatic N) is 3.